The fraction of sp³-hybridized carbons (Fsp3) is 0.526. The summed E-state index contributed by atoms with van der Waals surface area (Å²) in [5.41, 5.74) is 3.62. The second-order valence-corrected chi connectivity index (χ2v) is 7.14. The number of rotatable bonds is 6. The number of aryl methyl sites for hydroxylation is 1. The van der Waals surface area contributed by atoms with Crippen LogP contribution in [0.25, 0.3) is 5.65 Å². The molecule has 1 fully saturated rings. The quantitative estimate of drug-likeness (QED) is 0.644. The van der Waals surface area contributed by atoms with Crippen molar-refractivity contribution in [3.8, 4) is 0 Å². The van der Waals surface area contributed by atoms with Crippen molar-refractivity contribution in [2.45, 2.75) is 46.2 Å². The largest absolute Gasteiger partial charge is 0.330 e. The number of hydrogen-bond donors (Lipinski definition) is 0. The third-order valence-corrected chi connectivity index (χ3v) is 5.46. The average Bonchev–Trinajstić information content (AvgIpc) is 3.44. The van der Waals surface area contributed by atoms with Gasteiger partial charge in [-0.2, -0.15) is 5.10 Å². The highest BCUT2D eigenvalue weighted by molar-refractivity contribution is 6.00. The van der Waals surface area contributed by atoms with Crippen LogP contribution in [0.15, 0.2) is 23.2 Å². The first kappa shape index (κ1) is 18.5. The van der Waals surface area contributed by atoms with Crippen molar-refractivity contribution in [1.29, 1.82) is 0 Å². The molecule has 0 radical (unpaired) electrons. The van der Waals surface area contributed by atoms with Crippen LogP contribution >= 0.6 is 0 Å². The molecule has 0 unspecified atom stereocenters. The SMILES string of the molecule is CCN(CC)Cc1cnc2c(C(=O)N3CCC[C@@H]3c3nonc3C)cnn2c1. The third kappa shape index (κ3) is 3.26. The van der Waals surface area contributed by atoms with Crippen molar-refractivity contribution in [2.75, 3.05) is 19.6 Å². The maximum atomic E-state index is 13.2. The number of amides is 1. The lowest BCUT2D eigenvalue weighted by Gasteiger charge is -2.22. The van der Waals surface area contributed by atoms with Crippen molar-refractivity contribution in [3.05, 3.63) is 41.1 Å². The molecule has 9 heteroatoms. The van der Waals surface area contributed by atoms with Crippen molar-refractivity contribution >= 4 is 11.6 Å². The van der Waals surface area contributed by atoms with E-state index in [2.05, 4.69) is 39.1 Å². The van der Waals surface area contributed by atoms with Crippen LogP contribution in [0.3, 0.4) is 0 Å². The number of hydrogen-bond acceptors (Lipinski definition) is 7. The van der Waals surface area contributed by atoms with Crippen LogP contribution < -0.4 is 0 Å². The summed E-state index contributed by atoms with van der Waals surface area (Å²) in [5.74, 6) is -0.0797. The molecule has 4 rings (SSSR count). The number of aromatic nitrogens is 5. The predicted octanol–water partition coefficient (Wildman–Crippen LogP) is 2.24. The topological polar surface area (TPSA) is 92.7 Å². The lowest BCUT2D eigenvalue weighted by Crippen LogP contribution is -2.31. The number of nitrogens with zero attached hydrogens (tertiary/aromatic N) is 7. The highest BCUT2D eigenvalue weighted by Gasteiger charge is 2.35. The van der Waals surface area contributed by atoms with E-state index in [9.17, 15) is 4.79 Å². The minimum atomic E-state index is -0.115. The number of carbonyl (C=O) groups is 1. The summed E-state index contributed by atoms with van der Waals surface area (Å²) in [7, 11) is 0. The molecule has 28 heavy (non-hydrogen) atoms. The van der Waals surface area contributed by atoms with Gasteiger partial charge in [-0.15, -0.1) is 0 Å². The first-order chi connectivity index (χ1) is 13.6. The van der Waals surface area contributed by atoms with Gasteiger partial charge in [0.05, 0.1) is 12.2 Å². The van der Waals surface area contributed by atoms with Gasteiger partial charge < -0.3 is 4.90 Å². The van der Waals surface area contributed by atoms with E-state index in [-0.39, 0.29) is 11.9 Å². The minimum Gasteiger partial charge on any atom is -0.330 e. The first-order valence-corrected chi connectivity index (χ1v) is 9.77. The Hall–Kier alpha value is -2.81. The van der Waals surface area contributed by atoms with Crippen LogP contribution in [0.1, 0.15) is 60.0 Å². The molecule has 1 aliphatic heterocycles. The van der Waals surface area contributed by atoms with E-state index in [0.29, 0.717) is 17.8 Å². The first-order valence-electron chi connectivity index (χ1n) is 9.77. The Bertz CT molecular complexity index is 976. The van der Waals surface area contributed by atoms with E-state index >= 15 is 0 Å². The van der Waals surface area contributed by atoms with E-state index in [4.69, 9.17) is 4.63 Å². The average molecular weight is 383 g/mol. The molecule has 9 nitrogen and oxygen atoms in total. The van der Waals surface area contributed by atoms with Gasteiger partial charge in [0.2, 0.25) is 0 Å². The van der Waals surface area contributed by atoms with E-state index in [1.165, 1.54) is 0 Å². The Kier molecular flexibility index (Phi) is 5.08. The fourth-order valence-electron chi connectivity index (χ4n) is 3.84. The van der Waals surface area contributed by atoms with Crippen LogP contribution in [0, 0.1) is 6.92 Å². The molecule has 0 aliphatic carbocycles. The fourth-order valence-corrected chi connectivity index (χ4v) is 3.84. The molecule has 1 saturated heterocycles. The van der Waals surface area contributed by atoms with Gasteiger partial charge in [-0.1, -0.05) is 24.2 Å². The van der Waals surface area contributed by atoms with Crippen molar-refractivity contribution in [2.24, 2.45) is 0 Å². The highest BCUT2D eigenvalue weighted by atomic mass is 16.6. The van der Waals surface area contributed by atoms with Gasteiger partial charge in [0.1, 0.15) is 17.0 Å². The molecule has 0 N–H and O–H groups in total. The van der Waals surface area contributed by atoms with Crippen LogP contribution in [0.4, 0.5) is 0 Å². The predicted molar refractivity (Wildman–Crippen MR) is 102 cm³/mol. The zero-order valence-electron chi connectivity index (χ0n) is 16.5. The van der Waals surface area contributed by atoms with E-state index in [1.807, 2.05) is 24.2 Å². The summed E-state index contributed by atoms with van der Waals surface area (Å²) in [5, 5.41) is 12.2. The van der Waals surface area contributed by atoms with Gasteiger partial charge in [0, 0.05) is 31.0 Å². The monoisotopic (exact) mass is 383 g/mol. The summed E-state index contributed by atoms with van der Waals surface area (Å²) in [4.78, 5) is 21.9. The van der Waals surface area contributed by atoms with Crippen LogP contribution in [0.5, 0.6) is 0 Å². The smallest absolute Gasteiger partial charge is 0.259 e. The standard InChI is InChI=1S/C19H25N7O2/c1-4-24(5-2)11-14-9-20-18-15(10-21-26(18)12-14)19(27)25-8-6-7-16(25)17-13(3)22-28-23-17/h9-10,12,16H,4-8,11H2,1-3H3/t16-/m1/s1. The molecule has 0 bridgehead atoms. The Morgan fingerprint density at radius 1 is 1.29 bits per heavy atom. The molecular weight excluding hydrogens is 358 g/mol. The minimum absolute atomic E-state index is 0.0797. The van der Waals surface area contributed by atoms with Crippen LogP contribution in [-0.2, 0) is 6.54 Å². The van der Waals surface area contributed by atoms with Gasteiger partial charge in [-0.25, -0.2) is 14.1 Å². The summed E-state index contributed by atoms with van der Waals surface area (Å²) in [6.07, 6.45) is 7.16. The van der Waals surface area contributed by atoms with Gasteiger partial charge in [0.25, 0.3) is 5.91 Å². The molecule has 1 atom stereocenters. The zero-order chi connectivity index (χ0) is 19.7. The molecule has 0 aromatic carbocycles. The lowest BCUT2D eigenvalue weighted by molar-refractivity contribution is 0.0732. The number of likely N-dealkylation sites (tertiary alicyclic amines) is 1. The molecule has 4 heterocycles. The lowest BCUT2D eigenvalue weighted by atomic mass is 10.1. The molecule has 148 valence electrons. The van der Waals surface area contributed by atoms with Crippen molar-refractivity contribution < 1.29 is 9.42 Å². The Morgan fingerprint density at radius 2 is 2.11 bits per heavy atom. The molecule has 0 spiro atoms. The summed E-state index contributed by atoms with van der Waals surface area (Å²) < 4.78 is 6.53. The summed E-state index contributed by atoms with van der Waals surface area (Å²) in [6.45, 7) is 9.56. The summed E-state index contributed by atoms with van der Waals surface area (Å²) >= 11 is 0. The van der Waals surface area contributed by atoms with E-state index in [1.54, 1.807) is 10.7 Å². The van der Waals surface area contributed by atoms with Gasteiger partial charge in [-0.3, -0.25) is 9.69 Å². The van der Waals surface area contributed by atoms with Crippen LogP contribution in [-0.4, -0.2) is 60.3 Å². The number of carbonyl (C=O) groups excluding carboxylic acids is 1. The van der Waals surface area contributed by atoms with Gasteiger partial charge in [-0.05, 0) is 32.9 Å². The number of fused-ring (bicyclic) bond motifs is 1. The normalized spacial score (nSPS) is 17.1. The maximum Gasteiger partial charge on any atom is 0.259 e. The molecule has 1 aliphatic rings. The van der Waals surface area contributed by atoms with Gasteiger partial charge in [0.15, 0.2) is 5.65 Å². The van der Waals surface area contributed by atoms with E-state index in [0.717, 1.165) is 49.4 Å². The van der Waals surface area contributed by atoms with Crippen LogP contribution in [0.2, 0.25) is 0 Å². The molecule has 1 amide bonds. The molecule has 0 saturated carbocycles. The second-order valence-electron chi connectivity index (χ2n) is 7.14. The Balaban J connectivity index is 1.60. The van der Waals surface area contributed by atoms with Gasteiger partial charge >= 0.3 is 0 Å². The van der Waals surface area contributed by atoms with Crippen molar-refractivity contribution in [1.82, 2.24) is 34.7 Å². The Morgan fingerprint density at radius 3 is 2.82 bits per heavy atom. The third-order valence-electron chi connectivity index (χ3n) is 5.46. The molecule has 3 aromatic rings. The summed E-state index contributed by atoms with van der Waals surface area (Å²) in [6, 6.07) is -0.115. The van der Waals surface area contributed by atoms with Crippen molar-refractivity contribution in [3.63, 3.8) is 0 Å². The van der Waals surface area contributed by atoms with E-state index < -0.39 is 0 Å². The second kappa shape index (κ2) is 7.67. The maximum absolute atomic E-state index is 13.2. The highest BCUT2D eigenvalue weighted by Crippen LogP contribution is 2.33. The molecular formula is C19H25N7O2. The zero-order valence-corrected chi connectivity index (χ0v) is 16.5. The molecule has 3 aromatic heterocycles. The Labute approximate surface area is 163 Å².